The Kier molecular flexibility index (Phi) is 3.77. The van der Waals surface area contributed by atoms with Crippen molar-refractivity contribution in [3.63, 3.8) is 0 Å². The van der Waals surface area contributed by atoms with Crippen LogP contribution in [0.5, 0.6) is 0 Å². The predicted octanol–water partition coefficient (Wildman–Crippen LogP) is 5.05. The molecule has 0 aliphatic rings. The second-order valence-electron chi connectivity index (χ2n) is 4.52. The Morgan fingerprint density at radius 1 is 1.20 bits per heavy atom. The van der Waals surface area contributed by atoms with Crippen LogP contribution in [0.3, 0.4) is 0 Å². The van der Waals surface area contributed by atoms with Crippen LogP contribution in [0.1, 0.15) is 31.7 Å². The Hall–Kier alpha value is -0.150. The van der Waals surface area contributed by atoms with E-state index in [4.69, 9.17) is 11.6 Å². The quantitative estimate of drug-likeness (QED) is 0.502. The molecule has 1 aromatic carbocycles. The van der Waals surface area contributed by atoms with E-state index in [9.17, 15) is 8.78 Å². The minimum Gasteiger partial charge on any atom is -0.207 e. The van der Waals surface area contributed by atoms with Crippen molar-refractivity contribution >= 4 is 27.5 Å². The lowest BCUT2D eigenvalue weighted by atomic mass is 9.87. The van der Waals surface area contributed by atoms with E-state index in [-0.39, 0.29) is 15.5 Å². The molecule has 0 fully saturated rings. The maximum atomic E-state index is 13.5. The normalized spacial score (nSPS) is 14.1. The Balaban J connectivity index is 3.21. The van der Waals surface area contributed by atoms with Gasteiger partial charge in [-0.05, 0) is 33.5 Å². The third kappa shape index (κ3) is 2.91. The molecule has 0 saturated carbocycles. The van der Waals surface area contributed by atoms with Crippen LogP contribution < -0.4 is 0 Å². The van der Waals surface area contributed by atoms with E-state index in [0.29, 0.717) is 0 Å². The van der Waals surface area contributed by atoms with Gasteiger partial charge in [0.15, 0.2) is 0 Å². The largest absolute Gasteiger partial charge is 0.207 e. The van der Waals surface area contributed by atoms with E-state index >= 15 is 0 Å². The van der Waals surface area contributed by atoms with Gasteiger partial charge >= 0.3 is 0 Å². The molecule has 1 atom stereocenters. The topological polar surface area (TPSA) is 0 Å². The lowest BCUT2D eigenvalue weighted by molar-refractivity contribution is 0.385. The predicted molar refractivity (Wildman–Crippen MR) is 62.1 cm³/mol. The highest BCUT2D eigenvalue weighted by Crippen LogP contribution is 2.40. The van der Waals surface area contributed by atoms with Gasteiger partial charge in [0.25, 0.3) is 0 Å². The molecular weight excluding hydrogens is 285 g/mol. The van der Waals surface area contributed by atoms with Gasteiger partial charge in [-0.3, -0.25) is 0 Å². The van der Waals surface area contributed by atoms with E-state index in [1.54, 1.807) is 0 Å². The van der Waals surface area contributed by atoms with Gasteiger partial charge in [0, 0.05) is 5.56 Å². The first-order chi connectivity index (χ1) is 6.73. The lowest BCUT2D eigenvalue weighted by Gasteiger charge is -2.25. The van der Waals surface area contributed by atoms with Crippen molar-refractivity contribution in [1.82, 2.24) is 0 Å². The standard InChI is InChI=1S/C11H12BrClF2/c1-11(2,3)10(13)6-4-9(15)7(12)5-8(6)14/h4-5,10H,1-3H3. The molecular formula is C11H12BrClF2. The average molecular weight is 298 g/mol. The summed E-state index contributed by atoms with van der Waals surface area (Å²) in [5, 5.41) is -0.555. The van der Waals surface area contributed by atoms with Crippen LogP contribution in [0.15, 0.2) is 16.6 Å². The molecule has 84 valence electrons. The molecule has 0 amide bonds. The summed E-state index contributed by atoms with van der Waals surface area (Å²) in [6.45, 7) is 5.64. The number of rotatable bonds is 1. The minimum absolute atomic E-state index is 0.113. The van der Waals surface area contributed by atoms with E-state index in [1.807, 2.05) is 20.8 Å². The highest BCUT2D eigenvalue weighted by Gasteiger charge is 2.27. The molecule has 0 radical (unpaired) electrons. The highest BCUT2D eigenvalue weighted by atomic mass is 79.9. The van der Waals surface area contributed by atoms with Crippen LogP contribution in [-0.4, -0.2) is 0 Å². The Labute approximate surface area is 102 Å². The number of halogens is 4. The monoisotopic (exact) mass is 296 g/mol. The Morgan fingerprint density at radius 2 is 1.73 bits per heavy atom. The van der Waals surface area contributed by atoms with Crippen molar-refractivity contribution in [1.29, 1.82) is 0 Å². The summed E-state index contributed by atoms with van der Waals surface area (Å²) in [5.74, 6) is -0.987. The van der Waals surface area contributed by atoms with Crippen molar-refractivity contribution in [2.75, 3.05) is 0 Å². The van der Waals surface area contributed by atoms with Crippen molar-refractivity contribution in [3.8, 4) is 0 Å². The summed E-state index contributed by atoms with van der Waals surface area (Å²) in [6.07, 6.45) is 0. The summed E-state index contributed by atoms with van der Waals surface area (Å²) >= 11 is 9.01. The number of alkyl halides is 1. The smallest absolute Gasteiger partial charge is 0.137 e. The molecule has 0 bridgehead atoms. The van der Waals surface area contributed by atoms with Crippen molar-refractivity contribution < 1.29 is 8.78 Å². The van der Waals surface area contributed by atoms with Gasteiger partial charge in [-0.25, -0.2) is 8.78 Å². The van der Waals surface area contributed by atoms with Crippen molar-refractivity contribution in [2.24, 2.45) is 5.41 Å². The molecule has 0 aliphatic heterocycles. The van der Waals surface area contributed by atoms with E-state index < -0.39 is 17.0 Å². The molecule has 0 heterocycles. The first-order valence-electron chi connectivity index (χ1n) is 4.52. The van der Waals surface area contributed by atoms with Gasteiger partial charge in [0.05, 0.1) is 9.85 Å². The van der Waals surface area contributed by atoms with E-state index in [0.717, 1.165) is 12.1 Å². The molecule has 1 rings (SSSR count). The molecule has 0 aliphatic carbocycles. The van der Waals surface area contributed by atoms with Crippen LogP contribution >= 0.6 is 27.5 Å². The summed E-state index contributed by atoms with van der Waals surface area (Å²) in [6, 6.07) is 2.24. The van der Waals surface area contributed by atoms with Crippen LogP contribution in [0, 0.1) is 17.0 Å². The van der Waals surface area contributed by atoms with Gasteiger partial charge < -0.3 is 0 Å². The van der Waals surface area contributed by atoms with Crippen LogP contribution in [0.2, 0.25) is 0 Å². The number of benzene rings is 1. The molecule has 4 heteroatoms. The van der Waals surface area contributed by atoms with Crippen molar-refractivity contribution in [3.05, 3.63) is 33.8 Å². The lowest BCUT2D eigenvalue weighted by Crippen LogP contribution is -2.14. The van der Waals surface area contributed by atoms with Crippen LogP contribution in [-0.2, 0) is 0 Å². The fourth-order valence-electron chi connectivity index (χ4n) is 1.20. The highest BCUT2D eigenvalue weighted by molar-refractivity contribution is 9.10. The number of hydrogen-bond acceptors (Lipinski definition) is 0. The second-order valence-corrected chi connectivity index (χ2v) is 5.81. The first kappa shape index (κ1) is 12.9. The molecule has 1 aromatic rings. The number of hydrogen-bond donors (Lipinski definition) is 0. The van der Waals surface area contributed by atoms with Gasteiger partial charge in [0.2, 0.25) is 0 Å². The molecule has 0 nitrogen and oxygen atoms in total. The summed E-state index contributed by atoms with van der Waals surface area (Å²) in [7, 11) is 0. The van der Waals surface area contributed by atoms with Crippen molar-refractivity contribution in [2.45, 2.75) is 26.1 Å². The summed E-state index contributed by atoms with van der Waals surface area (Å²) < 4.78 is 26.9. The summed E-state index contributed by atoms with van der Waals surface area (Å²) in [4.78, 5) is 0. The Bertz CT molecular complexity index is 372. The molecule has 1 unspecified atom stereocenters. The van der Waals surface area contributed by atoms with E-state index in [2.05, 4.69) is 15.9 Å². The minimum atomic E-state index is -0.555. The fourth-order valence-corrected chi connectivity index (χ4v) is 1.68. The maximum absolute atomic E-state index is 13.5. The second kappa shape index (κ2) is 4.38. The summed E-state index contributed by atoms with van der Waals surface area (Å²) in [5.41, 5.74) is -0.118. The first-order valence-corrected chi connectivity index (χ1v) is 5.75. The van der Waals surface area contributed by atoms with Gasteiger partial charge in [-0.2, -0.15) is 0 Å². The van der Waals surface area contributed by atoms with Gasteiger partial charge in [-0.15, -0.1) is 11.6 Å². The third-order valence-electron chi connectivity index (χ3n) is 2.07. The zero-order valence-electron chi connectivity index (χ0n) is 8.74. The zero-order chi connectivity index (χ0) is 11.8. The molecule has 0 spiro atoms. The molecule has 0 saturated heterocycles. The van der Waals surface area contributed by atoms with Crippen LogP contribution in [0.25, 0.3) is 0 Å². The van der Waals surface area contributed by atoms with Crippen LogP contribution in [0.4, 0.5) is 8.78 Å². The van der Waals surface area contributed by atoms with Gasteiger partial charge in [-0.1, -0.05) is 20.8 Å². The maximum Gasteiger partial charge on any atom is 0.137 e. The van der Waals surface area contributed by atoms with Gasteiger partial charge in [0.1, 0.15) is 11.6 Å². The molecule has 15 heavy (non-hydrogen) atoms. The zero-order valence-corrected chi connectivity index (χ0v) is 11.1. The third-order valence-corrected chi connectivity index (χ3v) is 3.57. The molecule has 0 aromatic heterocycles. The van der Waals surface area contributed by atoms with E-state index in [1.165, 1.54) is 0 Å². The molecule has 0 N–H and O–H groups in total. The SMILES string of the molecule is CC(C)(C)C(Cl)c1cc(F)c(Br)cc1F. The Morgan fingerprint density at radius 3 is 2.20 bits per heavy atom. The average Bonchev–Trinajstić information content (AvgIpc) is 2.08. The fraction of sp³-hybridized carbons (Fsp3) is 0.455.